The van der Waals surface area contributed by atoms with Crippen LogP contribution in [0.3, 0.4) is 0 Å². The average molecular weight is 882 g/mol. The number of hydrogen-bond donors (Lipinski definition) is 0. The monoisotopic (exact) mass is 882 g/mol. The van der Waals surface area contributed by atoms with Gasteiger partial charge in [-0.2, -0.15) is 0 Å². The SMILES string of the molecule is CC/C=C/C/C=C/C/C=C/C/C=C/C/C=C/C/C=C/CCCCC(=O)OCC(COCCC(C(=O)[O-])[N+](C)(C)C)OC(=O)CCCCCCCCCCCCCCCCCCCC. The molecule has 0 aromatic carbocycles. The second-order valence-electron chi connectivity index (χ2n) is 18.0. The Morgan fingerprint density at radius 3 is 1.32 bits per heavy atom. The fourth-order valence-electron chi connectivity index (χ4n) is 7.19. The molecule has 362 valence electrons. The highest BCUT2D eigenvalue weighted by Crippen LogP contribution is 2.15. The first-order valence-corrected chi connectivity index (χ1v) is 25.5. The Morgan fingerprint density at radius 1 is 0.492 bits per heavy atom. The van der Waals surface area contributed by atoms with Crippen LogP contribution in [0.1, 0.15) is 206 Å². The number of ether oxygens (including phenoxy) is 3. The van der Waals surface area contributed by atoms with Gasteiger partial charge in [0, 0.05) is 19.3 Å². The highest BCUT2D eigenvalue weighted by Gasteiger charge is 2.25. The van der Waals surface area contributed by atoms with Gasteiger partial charge in [0.2, 0.25) is 0 Å². The minimum absolute atomic E-state index is 0.0255. The molecule has 0 N–H and O–H groups in total. The van der Waals surface area contributed by atoms with Crippen molar-refractivity contribution in [3.63, 3.8) is 0 Å². The fourth-order valence-corrected chi connectivity index (χ4v) is 7.19. The highest BCUT2D eigenvalue weighted by atomic mass is 16.6. The molecule has 8 heteroatoms. The summed E-state index contributed by atoms with van der Waals surface area (Å²) < 4.78 is 17.2. The van der Waals surface area contributed by atoms with Crippen molar-refractivity contribution < 1.29 is 38.2 Å². The molecule has 0 fully saturated rings. The van der Waals surface area contributed by atoms with Gasteiger partial charge in [-0.25, -0.2) is 0 Å². The van der Waals surface area contributed by atoms with Gasteiger partial charge in [-0.3, -0.25) is 9.59 Å². The van der Waals surface area contributed by atoms with Crippen molar-refractivity contribution in [3.8, 4) is 0 Å². The molecule has 0 bridgehead atoms. The first kappa shape index (κ1) is 59.8. The minimum Gasteiger partial charge on any atom is -0.544 e. The Labute approximate surface area is 387 Å². The third-order valence-corrected chi connectivity index (χ3v) is 11.1. The predicted molar refractivity (Wildman–Crippen MR) is 263 cm³/mol. The molecule has 0 rings (SSSR count). The Hall–Kier alpha value is -3.23. The Bertz CT molecular complexity index is 1260. The molecule has 0 heterocycles. The van der Waals surface area contributed by atoms with Gasteiger partial charge in [-0.1, -0.05) is 196 Å². The number of carboxylic acids is 1. The van der Waals surface area contributed by atoms with Crippen LogP contribution >= 0.6 is 0 Å². The van der Waals surface area contributed by atoms with Crippen molar-refractivity contribution in [2.45, 2.75) is 219 Å². The smallest absolute Gasteiger partial charge is 0.306 e. The number of carboxylic acid groups (broad SMARTS) is 1. The molecule has 0 saturated carbocycles. The molecule has 0 aromatic heterocycles. The summed E-state index contributed by atoms with van der Waals surface area (Å²) in [4.78, 5) is 37.0. The molecule has 63 heavy (non-hydrogen) atoms. The molecule has 8 nitrogen and oxygen atoms in total. The van der Waals surface area contributed by atoms with Gasteiger partial charge < -0.3 is 28.6 Å². The van der Waals surface area contributed by atoms with Crippen LogP contribution < -0.4 is 5.11 Å². The first-order valence-electron chi connectivity index (χ1n) is 25.5. The number of unbranched alkanes of at least 4 members (excludes halogenated alkanes) is 19. The maximum Gasteiger partial charge on any atom is 0.306 e. The van der Waals surface area contributed by atoms with E-state index in [9.17, 15) is 19.5 Å². The first-order chi connectivity index (χ1) is 30.6. The Morgan fingerprint density at radius 2 is 0.889 bits per heavy atom. The number of allylic oxidation sites excluding steroid dienone is 12. The van der Waals surface area contributed by atoms with E-state index >= 15 is 0 Å². The van der Waals surface area contributed by atoms with Crippen molar-refractivity contribution in [3.05, 3.63) is 72.9 Å². The number of hydrogen-bond acceptors (Lipinski definition) is 7. The number of carbonyl (C=O) groups is 3. The molecule has 0 aliphatic carbocycles. The molecule has 0 amide bonds. The van der Waals surface area contributed by atoms with Gasteiger partial charge in [-0.05, 0) is 64.2 Å². The number of likely N-dealkylation sites (N-methyl/N-ethyl adjacent to an activating group) is 1. The van der Waals surface area contributed by atoms with Crippen molar-refractivity contribution in [1.29, 1.82) is 0 Å². The Kier molecular flexibility index (Phi) is 43.0. The fraction of sp³-hybridized carbons (Fsp3) is 0.727. The van der Waals surface area contributed by atoms with Crippen molar-refractivity contribution in [2.75, 3.05) is 41.0 Å². The summed E-state index contributed by atoms with van der Waals surface area (Å²) in [5.74, 6) is -1.79. The van der Waals surface area contributed by atoms with E-state index < -0.39 is 18.1 Å². The molecule has 2 unspecified atom stereocenters. The molecular weight excluding hydrogens is 787 g/mol. The average Bonchev–Trinajstić information content (AvgIpc) is 3.24. The van der Waals surface area contributed by atoms with Crippen molar-refractivity contribution >= 4 is 17.9 Å². The summed E-state index contributed by atoms with van der Waals surface area (Å²) in [6.45, 7) is 4.52. The molecule has 0 aliphatic rings. The summed E-state index contributed by atoms with van der Waals surface area (Å²) >= 11 is 0. The van der Waals surface area contributed by atoms with Crippen LogP contribution in [-0.4, -0.2) is 75.5 Å². The zero-order valence-electron chi connectivity index (χ0n) is 41.2. The summed E-state index contributed by atoms with van der Waals surface area (Å²) in [5.41, 5.74) is 0. The number of carbonyl (C=O) groups excluding carboxylic acids is 3. The van der Waals surface area contributed by atoms with E-state index in [2.05, 4.69) is 86.8 Å². The second kappa shape index (κ2) is 45.3. The topological polar surface area (TPSA) is 102 Å². The van der Waals surface area contributed by atoms with E-state index in [0.717, 1.165) is 70.6 Å². The lowest BCUT2D eigenvalue weighted by molar-refractivity contribution is -0.889. The van der Waals surface area contributed by atoms with Crippen LogP contribution in [0.15, 0.2) is 72.9 Å². The third-order valence-electron chi connectivity index (χ3n) is 11.1. The second-order valence-corrected chi connectivity index (χ2v) is 18.0. The van der Waals surface area contributed by atoms with E-state index in [1.807, 2.05) is 0 Å². The van der Waals surface area contributed by atoms with E-state index in [-0.39, 0.29) is 42.7 Å². The van der Waals surface area contributed by atoms with Crippen LogP contribution in [-0.2, 0) is 28.6 Å². The zero-order chi connectivity index (χ0) is 46.3. The van der Waals surface area contributed by atoms with Crippen LogP contribution in [0, 0.1) is 0 Å². The van der Waals surface area contributed by atoms with E-state index in [4.69, 9.17) is 14.2 Å². The van der Waals surface area contributed by atoms with Crippen LogP contribution in [0.4, 0.5) is 0 Å². The molecule has 0 aromatic rings. The van der Waals surface area contributed by atoms with E-state index in [1.54, 1.807) is 21.1 Å². The lowest BCUT2D eigenvalue weighted by Crippen LogP contribution is -2.55. The number of nitrogens with zero attached hydrogens (tertiary/aromatic N) is 1. The summed E-state index contributed by atoms with van der Waals surface area (Å²) in [7, 11) is 5.40. The van der Waals surface area contributed by atoms with Crippen molar-refractivity contribution in [2.24, 2.45) is 0 Å². The standard InChI is InChI=1S/C55H95NO7/c1-6-8-10-12-14-16-18-20-22-24-26-27-28-30-31-33-35-37-39-41-43-45-53(57)62-50-51(49-61-48-47-52(55(59)60)56(3,4)5)63-54(58)46-44-42-40-38-36-34-32-29-25-23-21-19-17-15-13-11-9-7-2/h8,10,14,16,20,22,26-27,30-31,35,37,51-52H,6-7,9,11-13,15,17-19,21,23-25,28-29,32-34,36,38-50H2,1-5H3/b10-8+,16-14+,22-20+,27-26+,31-30+,37-35+. The Balaban J connectivity index is 4.34. The van der Waals surface area contributed by atoms with Crippen LogP contribution in [0.5, 0.6) is 0 Å². The largest absolute Gasteiger partial charge is 0.544 e. The number of rotatable bonds is 45. The van der Waals surface area contributed by atoms with Gasteiger partial charge in [0.15, 0.2) is 6.10 Å². The quantitative estimate of drug-likeness (QED) is 0.0260. The minimum atomic E-state index is -1.13. The summed E-state index contributed by atoms with van der Waals surface area (Å²) in [6.07, 6.45) is 57.9. The molecule has 0 aliphatic heterocycles. The molecular formula is C55H95NO7. The third kappa shape index (κ3) is 43.8. The maximum atomic E-state index is 12.8. The molecule has 2 atom stereocenters. The van der Waals surface area contributed by atoms with Gasteiger partial charge in [-0.15, -0.1) is 0 Å². The van der Waals surface area contributed by atoms with Crippen molar-refractivity contribution in [1.82, 2.24) is 0 Å². The van der Waals surface area contributed by atoms with E-state index in [0.29, 0.717) is 19.3 Å². The normalized spacial score (nSPS) is 13.5. The number of quaternary nitrogens is 1. The highest BCUT2D eigenvalue weighted by molar-refractivity contribution is 5.70. The summed E-state index contributed by atoms with van der Waals surface area (Å²) in [6, 6.07) is -0.735. The predicted octanol–water partition coefficient (Wildman–Crippen LogP) is 13.4. The van der Waals surface area contributed by atoms with Gasteiger partial charge in [0.05, 0.1) is 40.3 Å². The lowest BCUT2D eigenvalue weighted by atomic mass is 10.0. The van der Waals surface area contributed by atoms with Gasteiger partial charge >= 0.3 is 11.9 Å². The molecule has 0 spiro atoms. The zero-order valence-corrected chi connectivity index (χ0v) is 41.2. The van der Waals surface area contributed by atoms with E-state index in [1.165, 1.54) is 96.3 Å². The molecule has 0 saturated heterocycles. The lowest BCUT2D eigenvalue weighted by Gasteiger charge is -2.34. The summed E-state index contributed by atoms with van der Waals surface area (Å²) in [5, 5.41) is 11.7. The maximum absolute atomic E-state index is 12.8. The van der Waals surface area contributed by atoms with Crippen LogP contribution in [0.2, 0.25) is 0 Å². The number of aliphatic carboxylic acids is 1. The van der Waals surface area contributed by atoms with Gasteiger partial charge in [0.25, 0.3) is 0 Å². The number of esters is 2. The van der Waals surface area contributed by atoms with Gasteiger partial charge in [0.1, 0.15) is 12.6 Å². The van der Waals surface area contributed by atoms with Crippen LogP contribution in [0.25, 0.3) is 0 Å². The molecule has 0 radical (unpaired) electrons.